The van der Waals surface area contributed by atoms with Crippen molar-refractivity contribution in [2.75, 3.05) is 13.2 Å². The standard InChI is InChI=1S/C16H21N3O2/c1-13-11-14(2)19(18-13)10-6-9-17-16(20)12-21-15-7-4-3-5-8-15/h3-5,7-8,11H,6,9-10,12H2,1-2H3,(H,17,20). The van der Waals surface area contributed by atoms with Crippen molar-refractivity contribution in [2.45, 2.75) is 26.8 Å². The number of amides is 1. The summed E-state index contributed by atoms with van der Waals surface area (Å²) in [5.41, 5.74) is 2.17. The van der Waals surface area contributed by atoms with Gasteiger partial charge in [0.1, 0.15) is 5.75 Å². The van der Waals surface area contributed by atoms with E-state index in [2.05, 4.69) is 10.4 Å². The van der Waals surface area contributed by atoms with Crippen molar-refractivity contribution in [1.82, 2.24) is 15.1 Å². The molecule has 21 heavy (non-hydrogen) atoms. The van der Waals surface area contributed by atoms with Crippen LogP contribution in [0.5, 0.6) is 5.75 Å². The minimum Gasteiger partial charge on any atom is -0.484 e. The second kappa shape index (κ2) is 7.47. The highest BCUT2D eigenvalue weighted by Crippen LogP contribution is 2.07. The second-order valence-corrected chi connectivity index (χ2v) is 4.96. The van der Waals surface area contributed by atoms with Crippen molar-refractivity contribution < 1.29 is 9.53 Å². The highest BCUT2D eigenvalue weighted by Gasteiger charge is 2.03. The summed E-state index contributed by atoms with van der Waals surface area (Å²) in [6, 6.07) is 11.4. The van der Waals surface area contributed by atoms with Crippen molar-refractivity contribution in [1.29, 1.82) is 0 Å². The van der Waals surface area contributed by atoms with Gasteiger partial charge < -0.3 is 10.1 Å². The summed E-state index contributed by atoms with van der Waals surface area (Å²) in [7, 11) is 0. The van der Waals surface area contributed by atoms with Gasteiger partial charge in [-0.3, -0.25) is 9.48 Å². The summed E-state index contributed by atoms with van der Waals surface area (Å²) < 4.78 is 7.34. The number of nitrogens with one attached hydrogen (secondary N) is 1. The van der Waals surface area contributed by atoms with Crippen molar-refractivity contribution in [3.8, 4) is 5.75 Å². The van der Waals surface area contributed by atoms with Crippen LogP contribution in [0.1, 0.15) is 17.8 Å². The molecule has 0 fully saturated rings. The Kier molecular flexibility index (Phi) is 5.37. The molecule has 0 atom stereocenters. The van der Waals surface area contributed by atoms with E-state index < -0.39 is 0 Å². The Morgan fingerprint density at radius 2 is 2.05 bits per heavy atom. The Hall–Kier alpha value is -2.30. The molecule has 5 heteroatoms. The molecular weight excluding hydrogens is 266 g/mol. The number of carbonyl (C=O) groups excluding carboxylic acids is 1. The number of benzene rings is 1. The quantitative estimate of drug-likeness (QED) is 0.793. The molecule has 2 aromatic rings. The van der Waals surface area contributed by atoms with Crippen LogP contribution in [0.3, 0.4) is 0 Å². The van der Waals surface area contributed by atoms with Crippen LogP contribution in [0.2, 0.25) is 0 Å². The molecule has 1 amide bonds. The monoisotopic (exact) mass is 287 g/mol. The highest BCUT2D eigenvalue weighted by molar-refractivity contribution is 5.77. The zero-order chi connectivity index (χ0) is 15.1. The molecular formula is C16H21N3O2. The first-order valence-electron chi connectivity index (χ1n) is 7.11. The molecule has 0 saturated heterocycles. The largest absolute Gasteiger partial charge is 0.484 e. The van der Waals surface area contributed by atoms with E-state index in [0.29, 0.717) is 12.3 Å². The number of aryl methyl sites for hydroxylation is 3. The second-order valence-electron chi connectivity index (χ2n) is 4.96. The number of para-hydroxylation sites is 1. The Morgan fingerprint density at radius 3 is 2.71 bits per heavy atom. The van der Waals surface area contributed by atoms with Crippen LogP contribution >= 0.6 is 0 Å². The minimum absolute atomic E-state index is 0.0456. The highest BCUT2D eigenvalue weighted by atomic mass is 16.5. The molecule has 0 aliphatic rings. The maximum absolute atomic E-state index is 11.6. The van der Waals surface area contributed by atoms with E-state index in [1.165, 1.54) is 0 Å². The first-order valence-corrected chi connectivity index (χ1v) is 7.11. The van der Waals surface area contributed by atoms with E-state index in [-0.39, 0.29) is 12.5 Å². The third kappa shape index (κ3) is 4.95. The smallest absolute Gasteiger partial charge is 0.257 e. The molecule has 0 aliphatic carbocycles. The fourth-order valence-corrected chi connectivity index (χ4v) is 2.07. The predicted molar refractivity (Wildman–Crippen MR) is 81.3 cm³/mol. The Labute approximate surface area is 124 Å². The molecule has 1 aromatic heterocycles. The molecule has 1 heterocycles. The Bertz CT molecular complexity index is 578. The van der Waals surface area contributed by atoms with Gasteiger partial charge in [-0.25, -0.2) is 0 Å². The van der Waals surface area contributed by atoms with E-state index in [1.807, 2.05) is 54.9 Å². The summed E-state index contributed by atoms with van der Waals surface area (Å²) in [6.07, 6.45) is 0.846. The van der Waals surface area contributed by atoms with Gasteiger partial charge in [0.05, 0.1) is 5.69 Å². The molecule has 0 radical (unpaired) electrons. The van der Waals surface area contributed by atoms with Crippen LogP contribution < -0.4 is 10.1 Å². The SMILES string of the molecule is Cc1cc(C)n(CCCNC(=O)COc2ccccc2)n1. The average molecular weight is 287 g/mol. The number of hydrogen-bond acceptors (Lipinski definition) is 3. The average Bonchev–Trinajstić information content (AvgIpc) is 2.80. The van der Waals surface area contributed by atoms with Gasteiger partial charge in [-0.2, -0.15) is 5.10 Å². The molecule has 1 aromatic carbocycles. The van der Waals surface area contributed by atoms with Crippen LogP contribution in [0, 0.1) is 13.8 Å². The minimum atomic E-state index is -0.104. The summed E-state index contributed by atoms with van der Waals surface area (Å²) in [5.74, 6) is 0.600. The number of rotatable bonds is 7. The molecule has 0 spiro atoms. The first-order chi connectivity index (χ1) is 10.1. The van der Waals surface area contributed by atoms with Crippen molar-refractivity contribution in [2.24, 2.45) is 0 Å². The summed E-state index contributed by atoms with van der Waals surface area (Å²) in [4.78, 5) is 11.6. The molecule has 0 unspecified atom stereocenters. The lowest BCUT2D eigenvalue weighted by atomic mass is 10.3. The number of ether oxygens (including phenoxy) is 1. The fourth-order valence-electron chi connectivity index (χ4n) is 2.07. The number of aromatic nitrogens is 2. The lowest BCUT2D eigenvalue weighted by Crippen LogP contribution is -2.30. The molecule has 0 bridgehead atoms. The maximum Gasteiger partial charge on any atom is 0.257 e. The van der Waals surface area contributed by atoms with E-state index in [0.717, 1.165) is 24.4 Å². The molecule has 0 aliphatic heterocycles. The summed E-state index contributed by atoms with van der Waals surface area (Å²) in [6.45, 7) is 5.48. The van der Waals surface area contributed by atoms with Crippen molar-refractivity contribution in [3.63, 3.8) is 0 Å². The van der Waals surface area contributed by atoms with Crippen LogP contribution in [0.15, 0.2) is 36.4 Å². The molecule has 112 valence electrons. The zero-order valence-corrected chi connectivity index (χ0v) is 12.5. The van der Waals surface area contributed by atoms with Crippen LogP contribution in [0.4, 0.5) is 0 Å². The lowest BCUT2D eigenvalue weighted by molar-refractivity contribution is -0.123. The van der Waals surface area contributed by atoms with Gasteiger partial charge in [-0.05, 0) is 38.5 Å². The van der Waals surface area contributed by atoms with E-state index in [1.54, 1.807) is 0 Å². The molecule has 1 N–H and O–H groups in total. The van der Waals surface area contributed by atoms with E-state index >= 15 is 0 Å². The molecule has 5 nitrogen and oxygen atoms in total. The van der Waals surface area contributed by atoms with E-state index in [9.17, 15) is 4.79 Å². The zero-order valence-electron chi connectivity index (χ0n) is 12.5. The van der Waals surface area contributed by atoms with Gasteiger partial charge in [-0.1, -0.05) is 18.2 Å². The lowest BCUT2D eigenvalue weighted by Gasteiger charge is -2.08. The number of nitrogens with zero attached hydrogens (tertiary/aromatic N) is 2. The topological polar surface area (TPSA) is 56.2 Å². The van der Waals surface area contributed by atoms with Crippen molar-refractivity contribution in [3.05, 3.63) is 47.8 Å². The van der Waals surface area contributed by atoms with E-state index in [4.69, 9.17) is 4.74 Å². The number of carbonyl (C=O) groups is 1. The molecule has 0 saturated carbocycles. The van der Waals surface area contributed by atoms with Crippen LogP contribution in [-0.2, 0) is 11.3 Å². The van der Waals surface area contributed by atoms with Gasteiger partial charge in [-0.15, -0.1) is 0 Å². The van der Waals surface area contributed by atoms with Gasteiger partial charge in [0.15, 0.2) is 6.61 Å². The molecule has 2 rings (SSSR count). The summed E-state index contributed by atoms with van der Waals surface area (Å²) in [5, 5.41) is 7.23. The van der Waals surface area contributed by atoms with Crippen LogP contribution in [0.25, 0.3) is 0 Å². The number of hydrogen-bond donors (Lipinski definition) is 1. The van der Waals surface area contributed by atoms with Crippen molar-refractivity contribution >= 4 is 5.91 Å². The van der Waals surface area contributed by atoms with Gasteiger partial charge in [0.2, 0.25) is 0 Å². The van der Waals surface area contributed by atoms with Crippen LogP contribution in [-0.4, -0.2) is 28.8 Å². The van der Waals surface area contributed by atoms with Gasteiger partial charge in [0, 0.05) is 18.8 Å². The normalized spacial score (nSPS) is 10.4. The maximum atomic E-state index is 11.6. The predicted octanol–water partition coefficient (Wildman–Crippen LogP) is 2.09. The summed E-state index contributed by atoms with van der Waals surface area (Å²) >= 11 is 0. The van der Waals surface area contributed by atoms with Gasteiger partial charge in [0.25, 0.3) is 5.91 Å². The third-order valence-corrected chi connectivity index (χ3v) is 3.09. The Morgan fingerprint density at radius 1 is 1.29 bits per heavy atom. The van der Waals surface area contributed by atoms with Gasteiger partial charge >= 0.3 is 0 Å². The Balaban J connectivity index is 1.62. The third-order valence-electron chi connectivity index (χ3n) is 3.09. The fraction of sp³-hybridized carbons (Fsp3) is 0.375. The first kappa shape index (κ1) is 15.1.